The van der Waals surface area contributed by atoms with Crippen molar-refractivity contribution in [3.63, 3.8) is 0 Å². The minimum absolute atomic E-state index is 0.145. The van der Waals surface area contributed by atoms with Crippen molar-refractivity contribution in [2.24, 2.45) is 0 Å². The minimum atomic E-state index is -4.15. The van der Waals surface area contributed by atoms with Crippen molar-refractivity contribution in [3.05, 3.63) is 54.1 Å². The van der Waals surface area contributed by atoms with Crippen LogP contribution in [0.4, 0.5) is 5.69 Å². The minimum Gasteiger partial charge on any atom is -0.492 e. The second kappa shape index (κ2) is 6.60. The summed E-state index contributed by atoms with van der Waals surface area (Å²) in [6.07, 6.45) is 0. The van der Waals surface area contributed by atoms with Crippen molar-refractivity contribution >= 4 is 15.8 Å². The summed E-state index contributed by atoms with van der Waals surface area (Å²) in [5, 5.41) is 3.26. The maximum Gasteiger partial charge on any atom is 0.294 e. The maximum absolute atomic E-state index is 10.9. The van der Waals surface area contributed by atoms with E-state index in [0.29, 0.717) is 18.9 Å². The fraction of sp³-hybridized carbons (Fsp3) is 0.200. The second-order valence-corrected chi connectivity index (χ2v) is 5.96. The molecule has 6 heteroatoms. The molecule has 0 fully saturated rings. The Labute approximate surface area is 124 Å². The Bertz CT molecular complexity index is 696. The van der Waals surface area contributed by atoms with Crippen LogP contribution in [0.3, 0.4) is 0 Å². The molecule has 0 radical (unpaired) electrons. The van der Waals surface area contributed by atoms with Gasteiger partial charge in [0.1, 0.15) is 12.4 Å². The van der Waals surface area contributed by atoms with Gasteiger partial charge in [-0.3, -0.25) is 4.55 Å². The Morgan fingerprint density at radius 2 is 1.76 bits per heavy atom. The van der Waals surface area contributed by atoms with Crippen LogP contribution >= 0.6 is 0 Å². The predicted molar refractivity (Wildman–Crippen MR) is 81.4 cm³/mol. The molecule has 0 amide bonds. The number of benzene rings is 2. The lowest BCUT2D eigenvalue weighted by atomic mass is 10.2. The Balaban J connectivity index is 1.83. The van der Waals surface area contributed by atoms with Crippen LogP contribution in [-0.2, 0) is 10.1 Å². The molecule has 0 heterocycles. The Morgan fingerprint density at radius 3 is 2.38 bits per heavy atom. The van der Waals surface area contributed by atoms with Crippen LogP contribution in [0.2, 0.25) is 0 Å². The maximum atomic E-state index is 10.9. The second-order valence-electron chi connectivity index (χ2n) is 4.54. The van der Waals surface area contributed by atoms with Crippen LogP contribution in [0.1, 0.15) is 5.56 Å². The van der Waals surface area contributed by atoms with Crippen LogP contribution < -0.4 is 10.1 Å². The summed E-state index contributed by atoms with van der Waals surface area (Å²) in [5.74, 6) is 0.550. The highest BCUT2D eigenvalue weighted by Gasteiger charge is 2.08. The van der Waals surface area contributed by atoms with E-state index >= 15 is 0 Å². The van der Waals surface area contributed by atoms with Crippen LogP contribution in [0.15, 0.2) is 53.4 Å². The first kappa shape index (κ1) is 15.3. The quantitative estimate of drug-likeness (QED) is 0.634. The van der Waals surface area contributed by atoms with E-state index in [2.05, 4.69) is 5.32 Å². The van der Waals surface area contributed by atoms with Crippen molar-refractivity contribution in [1.29, 1.82) is 0 Å². The number of anilines is 1. The zero-order chi connectivity index (χ0) is 15.3. The van der Waals surface area contributed by atoms with E-state index in [1.54, 1.807) is 0 Å². The van der Waals surface area contributed by atoms with Crippen LogP contribution in [0.25, 0.3) is 0 Å². The third-order valence-electron chi connectivity index (χ3n) is 2.95. The van der Waals surface area contributed by atoms with Gasteiger partial charge in [0.25, 0.3) is 10.1 Å². The van der Waals surface area contributed by atoms with Gasteiger partial charge in [0, 0.05) is 12.2 Å². The topological polar surface area (TPSA) is 75.6 Å². The molecule has 112 valence electrons. The average Bonchev–Trinajstić information content (AvgIpc) is 2.45. The largest absolute Gasteiger partial charge is 0.492 e. The molecule has 0 unspecified atom stereocenters. The summed E-state index contributed by atoms with van der Waals surface area (Å²) in [4.78, 5) is -0.145. The highest BCUT2D eigenvalue weighted by atomic mass is 32.2. The summed E-state index contributed by atoms with van der Waals surface area (Å²) in [5.41, 5.74) is 2.22. The molecule has 5 nitrogen and oxygen atoms in total. The molecular formula is C15H17NO4S. The van der Waals surface area contributed by atoms with Crippen molar-refractivity contribution in [3.8, 4) is 5.75 Å². The molecule has 0 aliphatic carbocycles. The standard InChI is InChI=1S/C15H17NO4S/c1-12-4-2-3-5-15(12)16-10-11-20-13-6-8-14(9-7-13)21(17,18)19/h2-9,16H,10-11H2,1H3,(H,17,18,19). The molecule has 2 aromatic rings. The summed E-state index contributed by atoms with van der Waals surface area (Å²) >= 11 is 0. The molecule has 21 heavy (non-hydrogen) atoms. The molecule has 2 aromatic carbocycles. The average molecular weight is 307 g/mol. The van der Waals surface area contributed by atoms with Crippen LogP contribution in [0.5, 0.6) is 5.75 Å². The third-order valence-corrected chi connectivity index (χ3v) is 3.82. The number of rotatable bonds is 6. The van der Waals surface area contributed by atoms with Crippen molar-refractivity contribution in [2.75, 3.05) is 18.5 Å². The van der Waals surface area contributed by atoms with Gasteiger partial charge in [0.05, 0.1) is 4.90 Å². The van der Waals surface area contributed by atoms with Crippen molar-refractivity contribution < 1.29 is 17.7 Å². The smallest absolute Gasteiger partial charge is 0.294 e. The van der Waals surface area contributed by atoms with Crippen molar-refractivity contribution in [2.45, 2.75) is 11.8 Å². The van der Waals surface area contributed by atoms with Gasteiger partial charge in [-0.05, 0) is 42.8 Å². The Kier molecular flexibility index (Phi) is 4.82. The number of hydrogen-bond donors (Lipinski definition) is 2. The van der Waals surface area contributed by atoms with Gasteiger partial charge in [-0.1, -0.05) is 18.2 Å². The van der Waals surface area contributed by atoms with Gasteiger partial charge in [0.15, 0.2) is 0 Å². The van der Waals surface area contributed by atoms with E-state index in [1.807, 2.05) is 31.2 Å². The van der Waals surface area contributed by atoms with Gasteiger partial charge < -0.3 is 10.1 Å². The van der Waals surface area contributed by atoms with Gasteiger partial charge >= 0.3 is 0 Å². The molecule has 0 aromatic heterocycles. The van der Waals surface area contributed by atoms with Crippen LogP contribution in [0, 0.1) is 6.92 Å². The molecule has 0 spiro atoms. The summed E-state index contributed by atoms with van der Waals surface area (Å²) in [6.45, 7) is 3.10. The zero-order valence-electron chi connectivity index (χ0n) is 11.6. The van der Waals surface area contributed by atoms with E-state index < -0.39 is 10.1 Å². The fourth-order valence-corrected chi connectivity index (χ4v) is 2.31. The monoisotopic (exact) mass is 307 g/mol. The lowest BCUT2D eigenvalue weighted by molar-refractivity contribution is 0.332. The summed E-state index contributed by atoms with van der Waals surface area (Å²) in [7, 11) is -4.15. The normalized spacial score (nSPS) is 11.1. The van der Waals surface area contributed by atoms with Gasteiger partial charge in [0.2, 0.25) is 0 Å². The Morgan fingerprint density at radius 1 is 1.10 bits per heavy atom. The molecule has 0 aliphatic heterocycles. The van der Waals surface area contributed by atoms with Gasteiger partial charge in [-0.2, -0.15) is 8.42 Å². The number of para-hydroxylation sites is 1. The van der Waals surface area contributed by atoms with E-state index in [1.165, 1.54) is 24.3 Å². The summed E-state index contributed by atoms with van der Waals surface area (Å²) in [6, 6.07) is 13.6. The van der Waals surface area contributed by atoms with E-state index in [0.717, 1.165) is 11.3 Å². The highest BCUT2D eigenvalue weighted by molar-refractivity contribution is 7.85. The first-order valence-corrected chi connectivity index (χ1v) is 7.91. The molecule has 2 N–H and O–H groups in total. The Hall–Kier alpha value is -2.05. The number of hydrogen-bond acceptors (Lipinski definition) is 4. The highest BCUT2D eigenvalue weighted by Crippen LogP contribution is 2.16. The first-order valence-electron chi connectivity index (χ1n) is 6.47. The summed E-state index contributed by atoms with van der Waals surface area (Å²) < 4.78 is 36.2. The lowest BCUT2D eigenvalue weighted by Gasteiger charge is -2.10. The molecule has 0 saturated carbocycles. The molecule has 0 saturated heterocycles. The lowest BCUT2D eigenvalue weighted by Crippen LogP contribution is -2.12. The molecular weight excluding hydrogens is 290 g/mol. The first-order chi connectivity index (χ1) is 9.97. The molecule has 2 rings (SSSR count). The SMILES string of the molecule is Cc1ccccc1NCCOc1ccc(S(=O)(=O)O)cc1. The third kappa shape index (κ3) is 4.47. The fourth-order valence-electron chi connectivity index (χ4n) is 1.83. The number of aryl methyl sites for hydroxylation is 1. The number of ether oxygens (including phenoxy) is 1. The molecule has 0 atom stereocenters. The zero-order valence-corrected chi connectivity index (χ0v) is 12.4. The van der Waals surface area contributed by atoms with Crippen molar-refractivity contribution in [1.82, 2.24) is 0 Å². The van der Waals surface area contributed by atoms with E-state index in [-0.39, 0.29) is 4.90 Å². The predicted octanol–water partition coefficient (Wildman–Crippen LogP) is 2.73. The number of nitrogens with one attached hydrogen (secondary N) is 1. The molecule has 0 bridgehead atoms. The van der Waals surface area contributed by atoms with Gasteiger partial charge in [-0.25, -0.2) is 0 Å². The van der Waals surface area contributed by atoms with Gasteiger partial charge in [-0.15, -0.1) is 0 Å². The van der Waals surface area contributed by atoms with E-state index in [4.69, 9.17) is 9.29 Å². The van der Waals surface area contributed by atoms with E-state index in [9.17, 15) is 8.42 Å². The van der Waals surface area contributed by atoms with Crippen LogP contribution in [-0.4, -0.2) is 26.1 Å². The molecule has 0 aliphatic rings.